The summed E-state index contributed by atoms with van der Waals surface area (Å²) in [6, 6.07) is 8.47. The quantitative estimate of drug-likeness (QED) is 0.778. The van der Waals surface area contributed by atoms with Crippen molar-refractivity contribution in [2.24, 2.45) is 0 Å². The smallest absolute Gasteiger partial charge is 0.275 e. The molecule has 2 aromatic rings. The van der Waals surface area contributed by atoms with Gasteiger partial charge in [0.1, 0.15) is 0 Å². The zero-order valence-corrected chi connectivity index (χ0v) is 15.5. The number of hydrogen-bond donors (Lipinski definition) is 0. The lowest BCUT2D eigenvalue weighted by Gasteiger charge is -2.41. The second-order valence-electron chi connectivity index (χ2n) is 6.68. The number of carbonyl (C=O) groups excluding carboxylic acids is 1. The average Bonchev–Trinajstić information content (AvgIpc) is 3.18. The number of carbonyl (C=O) groups is 1. The van der Waals surface area contributed by atoms with Crippen LogP contribution in [0.25, 0.3) is 0 Å². The van der Waals surface area contributed by atoms with Crippen LogP contribution < -0.4 is 4.90 Å². The van der Waals surface area contributed by atoms with Gasteiger partial charge in [-0.3, -0.25) is 4.79 Å². The number of amides is 1. The van der Waals surface area contributed by atoms with Crippen LogP contribution in [0.3, 0.4) is 0 Å². The normalized spacial score (nSPS) is 19.1. The summed E-state index contributed by atoms with van der Waals surface area (Å²) in [6.07, 6.45) is 3.50. The van der Waals surface area contributed by atoms with Gasteiger partial charge in [0.15, 0.2) is 5.69 Å². The van der Waals surface area contributed by atoms with Gasteiger partial charge in [-0.25, -0.2) is 0 Å². The number of hydrogen-bond acceptors (Lipinski definition) is 6. The monoisotopic (exact) mass is 370 g/mol. The number of fused-ring (bicyclic) bond motifs is 2. The summed E-state index contributed by atoms with van der Waals surface area (Å²) in [5.74, 6) is -0.0382. The first-order valence-electron chi connectivity index (χ1n) is 8.89. The molecule has 0 saturated carbocycles. The highest BCUT2D eigenvalue weighted by atomic mass is 32.1. The molecule has 0 radical (unpaired) electrons. The van der Waals surface area contributed by atoms with Crippen molar-refractivity contribution in [1.82, 2.24) is 14.5 Å². The van der Waals surface area contributed by atoms with Gasteiger partial charge in [-0.05, 0) is 30.4 Å². The number of likely N-dealkylation sites (tertiary alicyclic amines) is 1. The Morgan fingerprint density at radius 2 is 2.12 bits per heavy atom. The highest BCUT2D eigenvalue weighted by Gasteiger charge is 2.42. The number of benzene rings is 1. The van der Waals surface area contributed by atoms with Crippen LogP contribution in [0.15, 0.2) is 42.3 Å². The summed E-state index contributed by atoms with van der Waals surface area (Å²) >= 11 is 1.20. The topological polar surface area (TPSA) is 58.6 Å². The molecule has 0 atom stereocenters. The molecule has 1 aromatic heterocycles. The number of ether oxygens (including phenoxy) is 1. The maximum atomic E-state index is 12.6. The highest BCUT2D eigenvalue weighted by Crippen LogP contribution is 2.43. The van der Waals surface area contributed by atoms with Gasteiger partial charge in [-0.2, -0.15) is 0 Å². The van der Waals surface area contributed by atoms with Gasteiger partial charge in [-0.15, -0.1) is 11.7 Å². The maximum Gasteiger partial charge on any atom is 0.275 e. The Balaban J connectivity index is 1.58. The fourth-order valence-corrected chi connectivity index (χ4v) is 4.36. The first-order chi connectivity index (χ1) is 12.7. The molecule has 136 valence electrons. The molecule has 0 aliphatic carbocycles. The first kappa shape index (κ1) is 17.2. The largest absolute Gasteiger partial charge is 0.368 e. The molecule has 6 nitrogen and oxygen atoms in total. The van der Waals surface area contributed by atoms with Crippen LogP contribution in [0.1, 0.15) is 28.9 Å². The van der Waals surface area contributed by atoms with Crippen LogP contribution in [0.5, 0.6) is 0 Å². The predicted molar refractivity (Wildman–Crippen MR) is 102 cm³/mol. The molecule has 1 fully saturated rings. The molecule has 3 heterocycles. The maximum absolute atomic E-state index is 12.6. The number of nitrogens with zero attached hydrogens (tertiary/aromatic N) is 4. The molecule has 1 spiro atoms. The summed E-state index contributed by atoms with van der Waals surface area (Å²) < 4.78 is 10.2. The van der Waals surface area contributed by atoms with Gasteiger partial charge in [0.05, 0.1) is 12.2 Å². The zero-order chi connectivity index (χ0) is 18.0. The van der Waals surface area contributed by atoms with Crippen molar-refractivity contribution in [3.63, 3.8) is 0 Å². The zero-order valence-electron chi connectivity index (χ0n) is 14.6. The molecular weight excluding hydrogens is 348 g/mol. The Bertz CT molecular complexity index is 785. The van der Waals surface area contributed by atoms with E-state index < -0.39 is 0 Å². The van der Waals surface area contributed by atoms with E-state index >= 15 is 0 Å². The van der Waals surface area contributed by atoms with E-state index in [0.29, 0.717) is 25.4 Å². The van der Waals surface area contributed by atoms with Crippen LogP contribution in [0, 0.1) is 0 Å². The summed E-state index contributed by atoms with van der Waals surface area (Å²) in [5.41, 5.74) is 2.55. The molecule has 0 bridgehead atoms. The van der Waals surface area contributed by atoms with Crippen molar-refractivity contribution in [1.29, 1.82) is 0 Å². The standard InChI is InChI=1S/C19H22N4O2S/c1-2-9-22-12-13-25-19(15-5-3-4-6-17(15)22)7-10-23(11-8-19)18(24)16-14-26-21-20-16/h2-6,14H,1,7-13H2. The minimum Gasteiger partial charge on any atom is -0.368 e. The minimum absolute atomic E-state index is 0.0382. The van der Waals surface area contributed by atoms with Crippen molar-refractivity contribution < 1.29 is 9.53 Å². The number of aromatic nitrogens is 2. The lowest BCUT2D eigenvalue weighted by molar-refractivity contribution is -0.0791. The Morgan fingerprint density at radius 3 is 2.85 bits per heavy atom. The van der Waals surface area contributed by atoms with Crippen LogP contribution in [-0.2, 0) is 10.3 Å². The second-order valence-corrected chi connectivity index (χ2v) is 7.29. The molecule has 7 heteroatoms. The fraction of sp³-hybridized carbons (Fsp3) is 0.421. The van der Waals surface area contributed by atoms with Crippen molar-refractivity contribution in [2.75, 3.05) is 37.7 Å². The SMILES string of the molecule is C=CCN1CCOC2(CCN(C(=O)c3csnn3)CC2)c2ccccc21. The lowest BCUT2D eigenvalue weighted by Crippen LogP contribution is -2.46. The first-order valence-corrected chi connectivity index (χ1v) is 9.73. The third kappa shape index (κ3) is 3.01. The Morgan fingerprint density at radius 1 is 1.31 bits per heavy atom. The molecule has 1 saturated heterocycles. The molecule has 2 aliphatic heterocycles. The molecule has 0 unspecified atom stereocenters. The van der Waals surface area contributed by atoms with Crippen molar-refractivity contribution in [2.45, 2.75) is 18.4 Å². The molecule has 1 aromatic carbocycles. The van der Waals surface area contributed by atoms with E-state index in [2.05, 4.69) is 45.3 Å². The fourth-order valence-electron chi connectivity index (χ4n) is 3.93. The molecule has 26 heavy (non-hydrogen) atoms. The van der Waals surface area contributed by atoms with Gasteiger partial charge in [0.25, 0.3) is 5.91 Å². The Labute approximate surface area is 157 Å². The lowest BCUT2D eigenvalue weighted by atomic mass is 9.83. The van der Waals surface area contributed by atoms with Crippen LogP contribution in [0.2, 0.25) is 0 Å². The van der Waals surface area contributed by atoms with Crippen molar-refractivity contribution in [3.8, 4) is 0 Å². The van der Waals surface area contributed by atoms with Gasteiger partial charge >= 0.3 is 0 Å². The van der Waals surface area contributed by atoms with Gasteiger partial charge in [0, 0.05) is 42.8 Å². The molecule has 1 amide bonds. The molecular formula is C19H22N4O2S. The van der Waals surface area contributed by atoms with E-state index in [-0.39, 0.29) is 11.5 Å². The van der Waals surface area contributed by atoms with Gasteiger partial charge < -0.3 is 14.5 Å². The summed E-state index contributed by atoms with van der Waals surface area (Å²) in [6.45, 7) is 7.52. The van der Waals surface area contributed by atoms with E-state index in [1.165, 1.54) is 22.8 Å². The summed E-state index contributed by atoms with van der Waals surface area (Å²) in [5, 5.41) is 5.61. The molecule has 2 aliphatic rings. The number of rotatable bonds is 3. The van der Waals surface area contributed by atoms with E-state index in [0.717, 1.165) is 25.9 Å². The third-order valence-electron chi connectivity index (χ3n) is 5.26. The van der Waals surface area contributed by atoms with Crippen molar-refractivity contribution >= 4 is 23.1 Å². The number of piperidine rings is 1. The van der Waals surface area contributed by atoms with Crippen molar-refractivity contribution in [3.05, 3.63) is 53.6 Å². The van der Waals surface area contributed by atoms with Crippen LogP contribution in [-0.4, -0.2) is 53.2 Å². The van der Waals surface area contributed by atoms with E-state index in [1.807, 2.05) is 11.0 Å². The molecule has 0 N–H and O–H groups in total. The predicted octanol–water partition coefficient (Wildman–Crippen LogP) is 2.69. The number of anilines is 1. The Hall–Kier alpha value is -2.25. The average molecular weight is 370 g/mol. The summed E-state index contributed by atoms with van der Waals surface area (Å²) in [4.78, 5) is 16.7. The van der Waals surface area contributed by atoms with Gasteiger partial charge in [0.2, 0.25) is 0 Å². The highest BCUT2D eigenvalue weighted by molar-refractivity contribution is 7.03. The Kier molecular flexibility index (Phi) is 4.74. The van der Waals surface area contributed by atoms with E-state index in [9.17, 15) is 4.79 Å². The summed E-state index contributed by atoms with van der Waals surface area (Å²) in [7, 11) is 0. The van der Waals surface area contributed by atoms with Gasteiger partial charge in [-0.1, -0.05) is 28.8 Å². The third-order valence-corrected chi connectivity index (χ3v) is 5.77. The van der Waals surface area contributed by atoms with E-state index in [1.54, 1.807) is 5.38 Å². The minimum atomic E-state index is -0.330. The van der Waals surface area contributed by atoms with Crippen LogP contribution in [0.4, 0.5) is 5.69 Å². The number of para-hydroxylation sites is 1. The van der Waals surface area contributed by atoms with E-state index in [4.69, 9.17) is 4.74 Å². The van der Waals surface area contributed by atoms with Crippen LogP contribution >= 0.6 is 11.5 Å². The molecule has 4 rings (SSSR count). The second kappa shape index (κ2) is 7.17.